The van der Waals surface area contributed by atoms with Gasteiger partial charge in [0.1, 0.15) is 5.76 Å². The maximum Gasteiger partial charge on any atom is 0.105 e. The Kier molecular flexibility index (Phi) is 7.17. The first-order valence-electron chi connectivity index (χ1n) is 7.47. The molecule has 0 radical (unpaired) electrons. The van der Waals surface area contributed by atoms with E-state index in [0.29, 0.717) is 5.41 Å². The molecular weight excluding hydrogens is 236 g/mol. The molecule has 0 aliphatic rings. The van der Waals surface area contributed by atoms with Gasteiger partial charge in [-0.2, -0.15) is 0 Å². The van der Waals surface area contributed by atoms with Crippen molar-refractivity contribution in [2.45, 2.75) is 46.5 Å². The molecule has 0 amide bonds. The summed E-state index contributed by atoms with van der Waals surface area (Å²) in [4.78, 5) is 0. The van der Waals surface area contributed by atoms with E-state index in [-0.39, 0.29) is 0 Å². The molecule has 1 unspecified atom stereocenters. The van der Waals surface area contributed by atoms with Crippen molar-refractivity contribution in [3.8, 4) is 0 Å². The molecule has 3 heteroatoms. The summed E-state index contributed by atoms with van der Waals surface area (Å²) in [5, 5.41) is 3.48. The van der Waals surface area contributed by atoms with Gasteiger partial charge in [0, 0.05) is 13.0 Å². The Hall–Kier alpha value is -0.800. The smallest absolute Gasteiger partial charge is 0.105 e. The van der Waals surface area contributed by atoms with Crippen LogP contribution in [0.5, 0.6) is 0 Å². The van der Waals surface area contributed by atoms with Crippen LogP contribution in [0, 0.1) is 11.3 Å². The summed E-state index contributed by atoms with van der Waals surface area (Å²) in [6.45, 7) is 9.82. The lowest BCUT2D eigenvalue weighted by molar-refractivity contribution is 0.210. The highest BCUT2D eigenvalue weighted by Crippen LogP contribution is 2.31. The molecule has 3 N–H and O–H groups in total. The summed E-state index contributed by atoms with van der Waals surface area (Å²) in [6, 6.07) is 3.97. The van der Waals surface area contributed by atoms with Gasteiger partial charge in [-0.05, 0) is 55.8 Å². The summed E-state index contributed by atoms with van der Waals surface area (Å²) in [7, 11) is 0. The average molecular weight is 266 g/mol. The van der Waals surface area contributed by atoms with Gasteiger partial charge < -0.3 is 15.5 Å². The molecule has 0 fully saturated rings. The van der Waals surface area contributed by atoms with Gasteiger partial charge in [-0.15, -0.1) is 0 Å². The van der Waals surface area contributed by atoms with Gasteiger partial charge in [-0.25, -0.2) is 0 Å². The third-order valence-corrected chi connectivity index (χ3v) is 3.77. The minimum atomic E-state index is 0.369. The van der Waals surface area contributed by atoms with E-state index in [1.54, 1.807) is 6.26 Å². The highest BCUT2D eigenvalue weighted by Gasteiger charge is 2.22. The maximum atomic E-state index is 5.71. The Morgan fingerprint density at radius 2 is 2.05 bits per heavy atom. The van der Waals surface area contributed by atoms with Crippen LogP contribution in [0.4, 0.5) is 0 Å². The van der Waals surface area contributed by atoms with Crippen LogP contribution in [0.1, 0.15) is 45.8 Å². The molecule has 0 bridgehead atoms. The van der Waals surface area contributed by atoms with Gasteiger partial charge in [0.25, 0.3) is 0 Å². The largest absolute Gasteiger partial charge is 0.469 e. The Balaban J connectivity index is 2.08. The van der Waals surface area contributed by atoms with Crippen LogP contribution in [-0.2, 0) is 6.42 Å². The van der Waals surface area contributed by atoms with E-state index < -0.39 is 0 Å². The van der Waals surface area contributed by atoms with E-state index >= 15 is 0 Å². The third kappa shape index (κ3) is 6.79. The molecule has 0 aromatic carbocycles. The molecule has 19 heavy (non-hydrogen) atoms. The zero-order chi connectivity index (χ0) is 14.1. The molecule has 1 rings (SSSR count). The molecule has 0 aliphatic carbocycles. The van der Waals surface area contributed by atoms with Gasteiger partial charge in [0.2, 0.25) is 0 Å². The van der Waals surface area contributed by atoms with Crippen LogP contribution in [0.25, 0.3) is 0 Å². The van der Waals surface area contributed by atoms with Crippen molar-refractivity contribution in [2.75, 3.05) is 19.6 Å². The van der Waals surface area contributed by atoms with Crippen LogP contribution in [0.2, 0.25) is 0 Å². The van der Waals surface area contributed by atoms with Gasteiger partial charge in [-0.3, -0.25) is 0 Å². The fraction of sp³-hybridized carbons (Fsp3) is 0.750. The summed E-state index contributed by atoms with van der Waals surface area (Å²) < 4.78 is 5.30. The summed E-state index contributed by atoms with van der Waals surface area (Å²) in [6.07, 6.45) is 6.32. The quantitative estimate of drug-likeness (QED) is 0.675. The second kappa shape index (κ2) is 8.39. The number of rotatable bonds is 9. The van der Waals surface area contributed by atoms with Crippen LogP contribution in [0.3, 0.4) is 0 Å². The number of furan rings is 1. The molecule has 1 heterocycles. The maximum absolute atomic E-state index is 5.71. The molecular formula is C16H30N2O. The summed E-state index contributed by atoms with van der Waals surface area (Å²) in [5.41, 5.74) is 6.07. The van der Waals surface area contributed by atoms with E-state index in [1.807, 2.05) is 12.1 Å². The van der Waals surface area contributed by atoms with Crippen molar-refractivity contribution < 1.29 is 4.42 Å². The van der Waals surface area contributed by atoms with Crippen LogP contribution in [-0.4, -0.2) is 19.6 Å². The molecule has 0 saturated carbocycles. The minimum Gasteiger partial charge on any atom is -0.469 e. The normalized spacial score (nSPS) is 13.7. The SMILES string of the molecule is CC(C)(C)C(CCN)CCCNCCc1ccco1. The first-order chi connectivity index (χ1) is 9.04. The molecule has 0 saturated heterocycles. The first-order valence-corrected chi connectivity index (χ1v) is 7.47. The molecule has 1 aromatic rings. The van der Waals surface area contributed by atoms with E-state index in [4.69, 9.17) is 10.2 Å². The molecule has 1 atom stereocenters. The third-order valence-electron chi connectivity index (χ3n) is 3.77. The van der Waals surface area contributed by atoms with E-state index in [0.717, 1.165) is 44.2 Å². The molecule has 3 nitrogen and oxygen atoms in total. The monoisotopic (exact) mass is 266 g/mol. The van der Waals surface area contributed by atoms with Gasteiger partial charge in [0.05, 0.1) is 6.26 Å². The van der Waals surface area contributed by atoms with Crippen LogP contribution >= 0.6 is 0 Å². The first kappa shape index (κ1) is 16.3. The van der Waals surface area contributed by atoms with E-state index in [1.165, 1.54) is 12.8 Å². The standard InChI is InChI=1S/C16H30N2O/c1-16(2,3)14(8-10-17)6-4-11-18-12-9-15-7-5-13-19-15/h5,7,13-14,18H,4,6,8-12,17H2,1-3H3. The number of hydrogen-bond acceptors (Lipinski definition) is 3. The molecule has 110 valence electrons. The van der Waals surface area contributed by atoms with Crippen LogP contribution in [0.15, 0.2) is 22.8 Å². The zero-order valence-corrected chi connectivity index (χ0v) is 12.7. The molecule has 0 aliphatic heterocycles. The lowest BCUT2D eigenvalue weighted by atomic mass is 9.76. The fourth-order valence-corrected chi connectivity index (χ4v) is 2.48. The number of nitrogens with one attached hydrogen (secondary N) is 1. The van der Waals surface area contributed by atoms with Crippen molar-refractivity contribution in [1.82, 2.24) is 5.32 Å². The van der Waals surface area contributed by atoms with Gasteiger partial charge in [0.15, 0.2) is 0 Å². The lowest BCUT2D eigenvalue weighted by Gasteiger charge is -2.30. The van der Waals surface area contributed by atoms with Crippen molar-refractivity contribution in [3.05, 3.63) is 24.2 Å². The topological polar surface area (TPSA) is 51.2 Å². The highest BCUT2D eigenvalue weighted by molar-refractivity contribution is 4.98. The Labute approximate surface area is 117 Å². The van der Waals surface area contributed by atoms with Crippen molar-refractivity contribution in [3.63, 3.8) is 0 Å². The zero-order valence-electron chi connectivity index (χ0n) is 12.7. The Morgan fingerprint density at radius 1 is 1.26 bits per heavy atom. The Bertz CT molecular complexity index is 314. The summed E-state index contributed by atoms with van der Waals surface area (Å²) >= 11 is 0. The molecule has 1 aromatic heterocycles. The van der Waals surface area contributed by atoms with Crippen LogP contribution < -0.4 is 11.1 Å². The van der Waals surface area contributed by atoms with E-state index in [9.17, 15) is 0 Å². The molecule has 0 spiro atoms. The lowest BCUT2D eigenvalue weighted by Crippen LogP contribution is -2.25. The minimum absolute atomic E-state index is 0.369. The van der Waals surface area contributed by atoms with Crippen molar-refractivity contribution in [2.24, 2.45) is 17.1 Å². The number of nitrogens with two attached hydrogens (primary N) is 1. The van der Waals surface area contributed by atoms with Crippen molar-refractivity contribution in [1.29, 1.82) is 0 Å². The average Bonchev–Trinajstić information content (AvgIpc) is 2.83. The van der Waals surface area contributed by atoms with Gasteiger partial charge >= 0.3 is 0 Å². The van der Waals surface area contributed by atoms with Crippen molar-refractivity contribution >= 4 is 0 Å². The predicted octanol–water partition coefficient (Wildman–Crippen LogP) is 3.20. The van der Waals surface area contributed by atoms with Gasteiger partial charge in [-0.1, -0.05) is 20.8 Å². The Morgan fingerprint density at radius 3 is 2.63 bits per heavy atom. The fourth-order valence-electron chi connectivity index (χ4n) is 2.48. The van der Waals surface area contributed by atoms with E-state index in [2.05, 4.69) is 26.1 Å². The highest BCUT2D eigenvalue weighted by atomic mass is 16.3. The predicted molar refractivity (Wildman–Crippen MR) is 81.1 cm³/mol. The second-order valence-corrected chi connectivity index (χ2v) is 6.36. The second-order valence-electron chi connectivity index (χ2n) is 6.36. The number of hydrogen-bond donors (Lipinski definition) is 2. The summed E-state index contributed by atoms with van der Waals surface area (Å²) in [5.74, 6) is 1.78.